The van der Waals surface area contributed by atoms with E-state index in [2.05, 4.69) is 0 Å². The summed E-state index contributed by atoms with van der Waals surface area (Å²) in [5.74, 6) is 0. The van der Waals surface area contributed by atoms with Crippen molar-refractivity contribution in [1.82, 2.24) is 5.06 Å². The smallest absolute Gasteiger partial charge is 0.128 e. The molecular weight excluding hydrogens is 302 g/mol. The summed E-state index contributed by atoms with van der Waals surface area (Å²) in [7, 11) is 0. The molecule has 0 atom stereocenters. The summed E-state index contributed by atoms with van der Waals surface area (Å²) in [4.78, 5) is 0. The predicted molar refractivity (Wildman–Crippen MR) is 60.8 cm³/mol. The molecule has 0 saturated heterocycles. The fourth-order valence-electron chi connectivity index (χ4n) is 0.793. The van der Waals surface area contributed by atoms with Crippen molar-refractivity contribution >= 4 is 0 Å². The van der Waals surface area contributed by atoms with Gasteiger partial charge in [-0.1, -0.05) is 0 Å². The molecule has 0 aromatic carbocycles. The number of hydroxylamine groups is 2. The van der Waals surface area contributed by atoms with Gasteiger partial charge in [0, 0.05) is 20.1 Å². The molecule has 0 aliphatic rings. The minimum absolute atomic E-state index is 0. The molecule has 0 spiro atoms. The van der Waals surface area contributed by atoms with Crippen LogP contribution in [0.2, 0.25) is 0 Å². The van der Waals surface area contributed by atoms with Gasteiger partial charge in [-0.25, -0.2) is 0 Å². The van der Waals surface area contributed by atoms with E-state index < -0.39 is 11.1 Å². The predicted octanol–water partition coefficient (Wildman–Crippen LogP) is 2.28. The zero-order valence-corrected chi connectivity index (χ0v) is 13.0. The molecule has 5 nitrogen and oxygen atoms in total. The Labute approximate surface area is 119 Å². The van der Waals surface area contributed by atoms with Gasteiger partial charge in [0.25, 0.3) is 0 Å². The number of nitrogens with zero attached hydrogens (tertiary/aromatic N) is 4. The molecule has 0 aliphatic heterocycles. The molecule has 0 heterocycles. The van der Waals surface area contributed by atoms with Crippen molar-refractivity contribution in [3.63, 3.8) is 0 Å². The monoisotopic (exact) mass is 320 g/mol. The Kier molecular flexibility index (Phi) is 20.2. The number of hydrogen-bond acceptors (Lipinski definition) is 5. The maximum atomic E-state index is 9.49. The van der Waals surface area contributed by atoms with E-state index in [9.17, 15) is 5.21 Å². The largest absolute Gasteiger partial charge is 0.512 e. The van der Waals surface area contributed by atoms with Crippen molar-refractivity contribution in [3.05, 3.63) is 21.4 Å². The summed E-state index contributed by atoms with van der Waals surface area (Å²) < 4.78 is 0. The van der Waals surface area contributed by atoms with Crippen LogP contribution in [-0.4, -0.2) is 21.3 Å². The average molecular weight is 321 g/mol. The minimum Gasteiger partial charge on any atom is -0.512 e. The van der Waals surface area contributed by atoms with Gasteiger partial charge in [-0.05, 0) is 27.7 Å². The van der Waals surface area contributed by atoms with Crippen LogP contribution in [0.4, 0.5) is 0 Å². The van der Waals surface area contributed by atoms with E-state index in [0.29, 0.717) is 0 Å². The van der Waals surface area contributed by atoms with E-state index in [1.165, 1.54) is 0 Å². The van der Waals surface area contributed by atoms with Crippen molar-refractivity contribution in [2.45, 2.75) is 38.8 Å². The van der Waals surface area contributed by atoms with Crippen LogP contribution in [0.15, 0.2) is 0 Å². The number of nitriles is 2. The Morgan fingerprint density at radius 3 is 1.24 bits per heavy atom. The normalized spacial score (nSPS) is 8.82. The summed E-state index contributed by atoms with van der Waals surface area (Å²) >= 11 is 0. The van der Waals surface area contributed by atoms with Crippen molar-refractivity contribution in [3.8, 4) is 12.1 Å². The van der Waals surface area contributed by atoms with Crippen LogP contribution in [0, 0.1) is 49.3 Å². The number of rotatable bonds is 2. The Bertz CT molecular complexity index is 260. The second kappa shape index (κ2) is 11.5. The van der Waals surface area contributed by atoms with Crippen LogP contribution in [0.3, 0.4) is 0 Å². The summed E-state index contributed by atoms with van der Waals surface area (Å²) in [5, 5.41) is 33.8. The van der Waals surface area contributed by atoms with Gasteiger partial charge in [-0.3, -0.25) is 0 Å². The van der Waals surface area contributed by atoms with Crippen molar-refractivity contribution < 1.29 is 25.3 Å². The summed E-state index contributed by atoms with van der Waals surface area (Å²) in [6.45, 7) is 10.9. The zero-order chi connectivity index (χ0) is 12.0. The molecular formula is C11H19N4OTc-3. The summed E-state index contributed by atoms with van der Waals surface area (Å²) in [6, 6.07) is 3.81. The SMILES string of the molecule is CC(C)(C#N)N(O)C(C)(C)C#N.[C-]#N.[CH3-].[CH3-].[Tc]. The van der Waals surface area contributed by atoms with Crippen LogP contribution in [0.5, 0.6) is 0 Å². The molecule has 1 radical (unpaired) electrons. The Morgan fingerprint density at radius 2 is 1.12 bits per heavy atom. The van der Waals surface area contributed by atoms with E-state index in [1.54, 1.807) is 27.7 Å². The molecule has 99 valence electrons. The summed E-state index contributed by atoms with van der Waals surface area (Å²) in [6.07, 6.45) is 0. The molecule has 0 rings (SSSR count). The van der Waals surface area contributed by atoms with E-state index in [0.717, 1.165) is 5.06 Å². The molecule has 0 unspecified atom stereocenters. The molecule has 0 bridgehead atoms. The molecule has 17 heavy (non-hydrogen) atoms. The third-order valence-corrected chi connectivity index (χ3v) is 1.61. The fraction of sp³-hybridized carbons (Fsp3) is 0.545. The van der Waals surface area contributed by atoms with Gasteiger partial charge in [0.15, 0.2) is 0 Å². The third-order valence-electron chi connectivity index (χ3n) is 1.61. The van der Waals surface area contributed by atoms with Gasteiger partial charge >= 0.3 is 0 Å². The Morgan fingerprint density at radius 1 is 0.941 bits per heavy atom. The average Bonchev–Trinajstić information content (AvgIpc) is 2.19. The zero-order valence-electron chi connectivity index (χ0n) is 11.1. The van der Waals surface area contributed by atoms with Crippen molar-refractivity contribution in [2.75, 3.05) is 0 Å². The molecule has 6 heteroatoms. The first kappa shape index (κ1) is 29.8. The first-order valence-corrected chi connectivity index (χ1v) is 3.82. The van der Waals surface area contributed by atoms with Gasteiger partial charge in [0.1, 0.15) is 11.1 Å². The van der Waals surface area contributed by atoms with Gasteiger partial charge in [0.05, 0.1) is 12.1 Å². The second-order valence-corrected chi connectivity index (χ2v) is 3.65. The topological polar surface area (TPSA) is 94.8 Å². The van der Waals surface area contributed by atoms with Crippen LogP contribution in [0.25, 0.3) is 0 Å². The van der Waals surface area contributed by atoms with Crippen molar-refractivity contribution in [1.29, 1.82) is 15.8 Å². The van der Waals surface area contributed by atoms with Crippen LogP contribution < -0.4 is 0 Å². The molecule has 0 aliphatic carbocycles. The molecule has 0 aromatic rings. The van der Waals surface area contributed by atoms with Gasteiger partial charge < -0.3 is 31.9 Å². The molecule has 0 saturated carbocycles. The summed E-state index contributed by atoms with van der Waals surface area (Å²) in [5.41, 5.74) is -2.08. The molecule has 0 aromatic heterocycles. The van der Waals surface area contributed by atoms with Crippen LogP contribution >= 0.6 is 0 Å². The maximum Gasteiger partial charge on any atom is 0.128 e. The Balaban J connectivity index is -0.0000000907. The third kappa shape index (κ3) is 8.81. The Hall–Kier alpha value is -0.961. The fourth-order valence-corrected chi connectivity index (χ4v) is 0.793. The maximum absolute atomic E-state index is 9.49. The van der Waals surface area contributed by atoms with Crippen LogP contribution in [0.1, 0.15) is 27.7 Å². The van der Waals surface area contributed by atoms with Gasteiger partial charge in [0.2, 0.25) is 0 Å². The minimum atomic E-state index is -1.04. The first-order chi connectivity index (χ1) is 6.28. The van der Waals surface area contributed by atoms with Gasteiger partial charge in [-0.2, -0.15) is 15.6 Å². The second-order valence-electron chi connectivity index (χ2n) is 3.65. The van der Waals surface area contributed by atoms with Gasteiger partial charge in [-0.15, -0.1) is 0 Å². The number of hydrogen-bond donors (Lipinski definition) is 1. The van der Waals surface area contributed by atoms with Crippen molar-refractivity contribution in [2.24, 2.45) is 0 Å². The van der Waals surface area contributed by atoms with E-state index in [-0.39, 0.29) is 35.0 Å². The van der Waals surface area contributed by atoms with E-state index >= 15 is 0 Å². The first-order valence-electron chi connectivity index (χ1n) is 3.82. The molecule has 1 N–H and O–H groups in total. The standard InChI is InChI=1S/C8H13N3O.CN.2CH3.Tc/c1-7(2,5-9)11(12)8(3,4)6-10;1-2;;;/h12H,1-4H3;;2*1H3;/q;3*-1;. The molecule has 0 fully saturated rings. The molecule has 0 amide bonds. The quantitative estimate of drug-likeness (QED) is 0.622. The van der Waals surface area contributed by atoms with E-state index in [1.807, 2.05) is 12.1 Å². The van der Waals surface area contributed by atoms with E-state index in [4.69, 9.17) is 22.4 Å². The van der Waals surface area contributed by atoms with Crippen LogP contribution in [-0.2, 0) is 20.1 Å².